The van der Waals surface area contributed by atoms with Gasteiger partial charge in [-0.2, -0.15) is 13.2 Å². The zero-order valence-electron chi connectivity index (χ0n) is 27.6. The van der Waals surface area contributed by atoms with Crippen LogP contribution in [-0.2, 0) is 32.2 Å². The summed E-state index contributed by atoms with van der Waals surface area (Å²) in [6, 6.07) is 24.8. The molecule has 14 nitrogen and oxygen atoms in total. The third kappa shape index (κ3) is 13.8. The maximum Gasteiger partial charge on any atom is 0.490 e. The van der Waals surface area contributed by atoms with Crippen molar-refractivity contribution in [1.29, 1.82) is 0 Å². The fourth-order valence-electron chi connectivity index (χ4n) is 4.56. The number of carbonyl (C=O) groups excluding carboxylic acids is 4. The Balaban J connectivity index is 0.00000116. The second-order valence-corrected chi connectivity index (χ2v) is 10.8. The van der Waals surface area contributed by atoms with Crippen LogP contribution in [0.15, 0.2) is 89.9 Å². The Morgan fingerprint density at radius 1 is 0.824 bits per heavy atom. The fraction of sp³-hybridized carbons (Fsp3) is 0.294. The molecule has 0 radical (unpaired) electrons. The lowest BCUT2D eigenvalue weighted by Gasteiger charge is -2.31. The smallest absolute Gasteiger partial charge is 0.475 e. The van der Waals surface area contributed by atoms with Gasteiger partial charge >= 0.3 is 24.3 Å². The van der Waals surface area contributed by atoms with Gasteiger partial charge in [0.25, 0.3) is 0 Å². The lowest BCUT2D eigenvalue weighted by Crippen LogP contribution is -2.61. The van der Waals surface area contributed by atoms with Gasteiger partial charge in [0.1, 0.15) is 0 Å². The maximum absolute atomic E-state index is 14.3. The highest BCUT2D eigenvalue weighted by Gasteiger charge is 2.45. The Morgan fingerprint density at radius 2 is 1.29 bits per heavy atom. The number of hydrogen-bond donors (Lipinski definition) is 7. The SMILES string of the molecule is CCOC(=O)NC(=O)NCc1ccc(CNC(=O)[C@@](N)(CCCN=C(N)N)C(=O)C(c2ccccc2)c2ccccc2)cc1.O=C(O)C(F)(F)F. The van der Waals surface area contributed by atoms with E-state index in [1.165, 1.54) is 0 Å². The minimum absolute atomic E-state index is 0.0169. The number of carbonyl (C=O) groups is 5. The van der Waals surface area contributed by atoms with Crippen molar-refractivity contribution in [2.24, 2.45) is 22.2 Å². The summed E-state index contributed by atoms with van der Waals surface area (Å²) < 4.78 is 36.4. The van der Waals surface area contributed by atoms with Crippen molar-refractivity contribution < 1.29 is 47.0 Å². The van der Waals surface area contributed by atoms with Crippen LogP contribution in [0.3, 0.4) is 0 Å². The van der Waals surface area contributed by atoms with Crippen molar-refractivity contribution in [2.75, 3.05) is 13.2 Å². The van der Waals surface area contributed by atoms with Gasteiger partial charge in [-0.15, -0.1) is 0 Å². The lowest BCUT2D eigenvalue weighted by atomic mass is 9.76. The number of carboxylic acid groups (broad SMARTS) is 1. The number of Topliss-reactive ketones (excluding diaryl/α,β-unsaturated/α-hetero) is 1. The van der Waals surface area contributed by atoms with Crippen LogP contribution in [0.1, 0.15) is 47.9 Å². The highest BCUT2D eigenvalue weighted by Crippen LogP contribution is 2.31. The summed E-state index contributed by atoms with van der Waals surface area (Å²) >= 11 is 0. The van der Waals surface area contributed by atoms with Crippen LogP contribution in [0.2, 0.25) is 0 Å². The molecule has 0 bridgehead atoms. The number of rotatable bonds is 14. The Kier molecular flexibility index (Phi) is 16.1. The number of guanidine groups is 1. The lowest BCUT2D eigenvalue weighted by molar-refractivity contribution is -0.192. The van der Waals surface area contributed by atoms with Gasteiger partial charge in [-0.25, -0.2) is 19.7 Å². The normalized spacial score (nSPS) is 11.9. The molecule has 17 heteroatoms. The highest BCUT2D eigenvalue weighted by molar-refractivity contribution is 6.13. The summed E-state index contributed by atoms with van der Waals surface area (Å²) in [6.07, 6.45) is -5.60. The van der Waals surface area contributed by atoms with Gasteiger partial charge in [-0.05, 0) is 42.0 Å². The molecule has 3 rings (SSSR count). The van der Waals surface area contributed by atoms with E-state index >= 15 is 0 Å². The molecule has 0 fully saturated rings. The number of alkyl halides is 3. The van der Waals surface area contributed by atoms with Gasteiger partial charge in [-0.1, -0.05) is 84.9 Å². The molecule has 0 unspecified atom stereocenters. The zero-order chi connectivity index (χ0) is 38.0. The van der Waals surface area contributed by atoms with Crippen molar-refractivity contribution in [2.45, 2.75) is 50.5 Å². The number of nitrogens with zero attached hydrogens (tertiary/aromatic N) is 1. The summed E-state index contributed by atoms with van der Waals surface area (Å²) in [4.78, 5) is 64.1. The summed E-state index contributed by atoms with van der Waals surface area (Å²) in [5.74, 6) is -4.69. The predicted octanol–water partition coefficient (Wildman–Crippen LogP) is 3.04. The number of ketones is 1. The van der Waals surface area contributed by atoms with E-state index in [1.807, 2.05) is 60.7 Å². The number of imide groups is 1. The fourth-order valence-corrected chi connectivity index (χ4v) is 4.56. The molecule has 4 amide bonds. The summed E-state index contributed by atoms with van der Waals surface area (Å²) in [5, 5.41) is 14.6. The molecule has 0 aliphatic rings. The van der Waals surface area contributed by atoms with Gasteiger partial charge < -0.3 is 37.7 Å². The van der Waals surface area contributed by atoms with Crippen LogP contribution >= 0.6 is 0 Å². The number of urea groups is 1. The van der Waals surface area contributed by atoms with Crippen LogP contribution in [0, 0.1) is 0 Å². The van der Waals surface area contributed by atoms with E-state index in [9.17, 15) is 32.3 Å². The van der Waals surface area contributed by atoms with E-state index in [-0.39, 0.29) is 38.6 Å². The summed E-state index contributed by atoms with van der Waals surface area (Å²) in [5.41, 5.74) is 18.7. The third-order valence-corrected chi connectivity index (χ3v) is 7.06. The first-order valence-corrected chi connectivity index (χ1v) is 15.4. The number of nitrogens with two attached hydrogens (primary N) is 3. The summed E-state index contributed by atoms with van der Waals surface area (Å²) in [6.45, 7) is 2.26. The van der Waals surface area contributed by atoms with E-state index in [2.05, 4.69) is 25.7 Å². The Morgan fingerprint density at radius 3 is 1.73 bits per heavy atom. The van der Waals surface area contributed by atoms with E-state index in [0.29, 0.717) is 6.42 Å². The van der Waals surface area contributed by atoms with Gasteiger partial charge in [-0.3, -0.25) is 14.6 Å². The van der Waals surface area contributed by atoms with Crippen molar-refractivity contribution in [3.63, 3.8) is 0 Å². The van der Waals surface area contributed by atoms with Gasteiger partial charge in [0.15, 0.2) is 17.3 Å². The number of aliphatic carboxylic acids is 1. The molecular formula is C34H40F3N7O7. The summed E-state index contributed by atoms with van der Waals surface area (Å²) in [7, 11) is 0. The van der Waals surface area contributed by atoms with E-state index in [4.69, 9.17) is 27.1 Å². The number of amides is 4. The monoisotopic (exact) mass is 715 g/mol. The van der Waals surface area contributed by atoms with Crippen LogP contribution < -0.4 is 33.2 Å². The minimum Gasteiger partial charge on any atom is -0.475 e. The number of benzene rings is 3. The molecule has 0 spiro atoms. The quantitative estimate of drug-likeness (QED) is 0.0557. The average Bonchev–Trinajstić information content (AvgIpc) is 3.09. The zero-order valence-corrected chi connectivity index (χ0v) is 27.6. The molecule has 0 aliphatic heterocycles. The number of halogens is 3. The first kappa shape index (κ1) is 41.2. The number of alkyl carbamates (subject to hydrolysis) is 1. The molecule has 1 atom stereocenters. The molecule has 0 saturated heterocycles. The number of carboxylic acids is 1. The van der Waals surface area contributed by atoms with Crippen molar-refractivity contribution in [3.8, 4) is 0 Å². The second-order valence-electron chi connectivity index (χ2n) is 10.8. The standard InChI is InChI=1S/C32H39N7O5.C2HF3O2/c1-2-44-31(43)39-30(42)38-21-23-16-14-22(15-17-23)20-37-28(41)32(35,18-9-19-36-29(33)34)27(40)26(24-10-5-3-6-11-24)25-12-7-4-8-13-25;3-2(4,5)1(6)7/h3-8,10-17,26H,2,9,18-21,35H2,1H3,(H,37,41)(H4,33,34,36)(H2,38,39,42,43);(H,6,7)/t32-;/m1./s1. The molecule has 3 aromatic carbocycles. The molecule has 0 saturated carbocycles. The van der Waals surface area contributed by atoms with E-state index in [0.717, 1.165) is 22.3 Å². The van der Waals surface area contributed by atoms with Crippen molar-refractivity contribution in [3.05, 3.63) is 107 Å². The third-order valence-electron chi connectivity index (χ3n) is 7.06. The highest BCUT2D eigenvalue weighted by atomic mass is 19.4. The van der Waals surface area contributed by atoms with Crippen molar-refractivity contribution in [1.82, 2.24) is 16.0 Å². The average molecular weight is 716 g/mol. The maximum atomic E-state index is 14.3. The molecule has 10 N–H and O–H groups in total. The van der Waals surface area contributed by atoms with E-state index < -0.39 is 47.4 Å². The largest absolute Gasteiger partial charge is 0.490 e. The van der Waals surface area contributed by atoms with Crippen molar-refractivity contribution >= 4 is 35.7 Å². The predicted molar refractivity (Wildman–Crippen MR) is 181 cm³/mol. The number of ether oxygens (including phenoxy) is 1. The minimum atomic E-state index is -5.08. The second kappa shape index (κ2) is 19.9. The van der Waals surface area contributed by atoms with Crippen LogP contribution in [0.4, 0.5) is 22.8 Å². The Labute approximate surface area is 291 Å². The first-order chi connectivity index (χ1) is 24.1. The van der Waals surface area contributed by atoms with Gasteiger partial charge in [0, 0.05) is 19.6 Å². The van der Waals surface area contributed by atoms with Crippen LogP contribution in [0.25, 0.3) is 0 Å². The molecule has 3 aromatic rings. The molecule has 51 heavy (non-hydrogen) atoms. The Hall–Kier alpha value is -5.97. The number of nitrogens with one attached hydrogen (secondary N) is 3. The van der Waals surface area contributed by atoms with E-state index in [1.54, 1.807) is 31.2 Å². The number of hydrogen-bond acceptors (Lipinski definition) is 8. The van der Waals surface area contributed by atoms with Gasteiger partial charge in [0.05, 0.1) is 12.5 Å². The molecule has 0 aromatic heterocycles. The van der Waals surface area contributed by atoms with Crippen LogP contribution in [-0.4, -0.2) is 65.7 Å². The van der Waals surface area contributed by atoms with Gasteiger partial charge in [0.2, 0.25) is 5.91 Å². The molecular weight excluding hydrogens is 675 g/mol. The molecule has 0 heterocycles. The Bertz CT molecular complexity index is 1600. The first-order valence-electron chi connectivity index (χ1n) is 15.4. The van der Waals surface area contributed by atoms with Crippen LogP contribution in [0.5, 0.6) is 0 Å². The molecule has 0 aliphatic carbocycles. The topological polar surface area (TPSA) is 241 Å². The number of aliphatic imine (C=N–C) groups is 1. The molecule has 274 valence electrons.